The molecule has 0 saturated carbocycles. The summed E-state index contributed by atoms with van der Waals surface area (Å²) in [6.07, 6.45) is 0.333. The zero-order valence-corrected chi connectivity index (χ0v) is 14.0. The first kappa shape index (κ1) is 16.7. The van der Waals surface area contributed by atoms with Crippen LogP contribution < -0.4 is 10.2 Å². The van der Waals surface area contributed by atoms with Crippen LogP contribution in [-0.2, 0) is 16.0 Å². The van der Waals surface area contributed by atoms with Gasteiger partial charge in [0.05, 0.1) is 6.10 Å². The number of carbonyl (C=O) groups excluding carboxylic acids is 1. The Balaban J connectivity index is 2.59. The van der Waals surface area contributed by atoms with Crippen molar-refractivity contribution in [2.45, 2.75) is 52.1 Å². The van der Waals surface area contributed by atoms with Gasteiger partial charge in [0.2, 0.25) is 8.32 Å². The van der Waals surface area contributed by atoms with Crippen molar-refractivity contribution in [3.63, 3.8) is 0 Å². The number of ether oxygens (including phenoxy) is 1. The van der Waals surface area contributed by atoms with Crippen LogP contribution in [0.15, 0.2) is 24.3 Å². The second kappa shape index (κ2) is 6.90. The van der Waals surface area contributed by atoms with Gasteiger partial charge in [-0.1, -0.05) is 12.1 Å². The highest BCUT2D eigenvalue weighted by Gasteiger charge is 2.18. The van der Waals surface area contributed by atoms with Crippen LogP contribution in [0.3, 0.4) is 0 Å². The summed E-state index contributed by atoms with van der Waals surface area (Å²) in [5, 5.41) is 0. The molecule has 0 aliphatic rings. The molecule has 1 rings (SSSR count). The number of rotatable bonds is 6. The highest BCUT2D eigenvalue weighted by Crippen LogP contribution is 2.17. The fourth-order valence-electron chi connectivity index (χ4n) is 1.70. The van der Waals surface area contributed by atoms with Crippen LogP contribution in [0.2, 0.25) is 19.6 Å². The maximum Gasteiger partial charge on any atom is 0.323 e. The lowest BCUT2D eigenvalue weighted by atomic mass is 10.1. The Morgan fingerprint density at radius 1 is 1.20 bits per heavy atom. The molecule has 112 valence electrons. The number of nitrogens with two attached hydrogens (primary N) is 1. The minimum Gasteiger partial charge on any atom is -0.544 e. The summed E-state index contributed by atoms with van der Waals surface area (Å²) in [5.41, 5.74) is 6.84. The van der Waals surface area contributed by atoms with Crippen LogP contribution in [0.5, 0.6) is 5.75 Å². The van der Waals surface area contributed by atoms with E-state index in [0.717, 1.165) is 11.3 Å². The van der Waals surface area contributed by atoms with E-state index >= 15 is 0 Å². The van der Waals surface area contributed by atoms with Gasteiger partial charge >= 0.3 is 5.97 Å². The fourth-order valence-corrected chi connectivity index (χ4v) is 2.55. The molecule has 0 bridgehead atoms. The predicted molar refractivity (Wildman–Crippen MR) is 83.3 cm³/mol. The Kier molecular flexibility index (Phi) is 5.77. The van der Waals surface area contributed by atoms with E-state index in [2.05, 4.69) is 19.6 Å². The number of esters is 1. The number of hydrogen-bond donors (Lipinski definition) is 1. The summed E-state index contributed by atoms with van der Waals surface area (Å²) in [5.74, 6) is 0.508. The number of hydrogen-bond acceptors (Lipinski definition) is 4. The first-order valence-corrected chi connectivity index (χ1v) is 10.3. The molecule has 0 radical (unpaired) electrons. The van der Waals surface area contributed by atoms with E-state index < -0.39 is 14.4 Å². The lowest BCUT2D eigenvalue weighted by Crippen LogP contribution is -2.35. The third kappa shape index (κ3) is 6.21. The van der Waals surface area contributed by atoms with Crippen molar-refractivity contribution in [3.05, 3.63) is 29.8 Å². The average molecular weight is 295 g/mol. The SMILES string of the molecule is CC(C)OC(=O)[C@@H](N)Cc1ccc(O[Si](C)(C)C)cc1. The number of benzene rings is 1. The molecule has 0 aromatic heterocycles. The quantitative estimate of drug-likeness (QED) is 0.647. The molecule has 0 saturated heterocycles. The number of carbonyl (C=O) groups is 1. The van der Waals surface area contributed by atoms with Crippen molar-refractivity contribution in [1.29, 1.82) is 0 Å². The van der Waals surface area contributed by atoms with Gasteiger partial charge in [-0.25, -0.2) is 0 Å². The van der Waals surface area contributed by atoms with E-state index in [1.165, 1.54) is 0 Å². The Labute approximate surface area is 122 Å². The molecule has 1 aromatic carbocycles. The van der Waals surface area contributed by atoms with E-state index in [0.29, 0.717) is 6.42 Å². The van der Waals surface area contributed by atoms with Gasteiger partial charge in [-0.05, 0) is 57.6 Å². The van der Waals surface area contributed by atoms with E-state index in [-0.39, 0.29) is 12.1 Å². The summed E-state index contributed by atoms with van der Waals surface area (Å²) in [7, 11) is -1.58. The van der Waals surface area contributed by atoms with Gasteiger partial charge in [-0.3, -0.25) is 4.79 Å². The largest absolute Gasteiger partial charge is 0.544 e. The van der Waals surface area contributed by atoms with Crippen LogP contribution in [0.1, 0.15) is 19.4 Å². The van der Waals surface area contributed by atoms with Gasteiger partial charge in [0, 0.05) is 0 Å². The van der Waals surface area contributed by atoms with Crippen molar-refractivity contribution in [3.8, 4) is 5.75 Å². The topological polar surface area (TPSA) is 61.5 Å². The fraction of sp³-hybridized carbons (Fsp3) is 0.533. The smallest absolute Gasteiger partial charge is 0.323 e. The predicted octanol–water partition coefficient (Wildman–Crippen LogP) is 2.72. The summed E-state index contributed by atoms with van der Waals surface area (Å²) >= 11 is 0. The van der Waals surface area contributed by atoms with E-state index in [9.17, 15) is 4.79 Å². The molecule has 4 nitrogen and oxygen atoms in total. The summed E-state index contributed by atoms with van der Waals surface area (Å²) in [4.78, 5) is 11.6. The molecule has 1 aromatic rings. The van der Waals surface area contributed by atoms with Gasteiger partial charge < -0.3 is 14.9 Å². The molecule has 0 fully saturated rings. The first-order chi connectivity index (χ1) is 9.17. The van der Waals surface area contributed by atoms with Crippen molar-refractivity contribution < 1.29 is 14.0 Å². The Morgan fingerprint density at radius 2 is 1.75 bits per heavy atom. The van der Waals surface area contributed by atoms with Crippen molar-refractivity contribution in [2.24, 2.45) is 5.73 Å². The molecule has 0 amide bonds. The van der Waals surface area contributed by atoms with Crippen LogP contribution in [0.4, 0.5) is 0 Å². The molecule has 0 spiro atoms. The Bertz CT molecular complexity index is 437. The molecular formula is C15H25NO3Si. The molecule has 0 unspecified atom stereocenters. The lowest BCUT2D eigenvalue weighted by molar-refractivity contribution is -0.148. The van der Waals surface area contributed by atoms with Crippen molar-refractivity contribution in [1.82, 2.24) is 0 Å². The molecule has 5 heteroatoms. The van der Waals surface area contributed by atoms with Crippen LogP contribution in [0, 0.1) is 0 Å². The third-order valence-electron chi connectivity index (χ3n) is 2.46. The molecule has 0 aliphatic carbocycles. The maximum atomic E-state index is 11.6. The van der Waals surface area contributed by atoms with Crippen LogP contribution in [0.25, 0.3) is 0 Å². The molecular weight excluding hydrogens is 270 g/mol. The van der Waals surface area contributed by atoms with Gasteiger partial charge in [0.15, 0.2) is 0 Å². The normalized spacial score (nSPS) is 13.2. The molecule has 2 N–H and O–H groups in total. The maximum absolute atomic E-state index is 11.6. The van der Waals surface area contributed by atoms with Crippen LogP contribution in [-0.4, -0.2) is 26.4 Å². The second-order valence-electron chi connectivity index (χ2n) is 6.15. The monoisotopic (exact) mass is 295 g/mol. The Hall–Kier alpha value is -1.33. The van der Waals surface area contributed by atoms with Crippen LogP contribution >= 0.6 is 0 Å². The third-order valence-corrected chi connectivity index (χ3v) is 3.31. The van der Waals surface area contributed by atoms with Gasteiger partial charge in [0.1, 0.15) is 11.8 Å². The zero-order chi connectivity index (χ0) is 15.3. The molecule has 1 atom stereocenters. The molecule has 20 heavy (non-hydrogen) atoms. The Morgan fingerprint density at radius 3 is 2.20 bits per heavy atom. The van der Waals surface area contributed by atoms with Gasteiger partial charge in [0.25, 0.3) is 0 Å². The average Bonchev–Trinajstić information content (AvgIpc) is 2.28. The van der Waals surface area contributed by atoms with Crippen molar-refractivity contribution in [2.75, 3.05) is 0 Å². The summed E-state index contributed by atoms with van der Waals surface area (Å²) in [6.45, 7) is 10.0. The van der Waals surface area contributed by atoms with Crippen molar-refractivity contribution >= 4 is 14.3 Å². The van der Waals surface area contributed by atoms with E-state index in [4.69, 9.17) is 14.9 Å². The highest BCUT2D eigenvalue weighted by molar-refractivity contribution is 6.70. The minimum atomic E-state index is -1.58. The summed E-state index contributed by atoms with van der Waals surface area (Å²) in [6, 6.07) is 7.11. The van der Waals surface area contributed by atoms with E-state index in [1.54, 1.807) is 0 Å². The molecule has 0 aliphatic heterocycles. The second-order valence-corrected chi connectivity index (χ2v) is 10.6. The van der Waals surface area contributed by atoms with Gasteiger partial charge in [-0.15, -0.1) is 0 Å². The standard InChI is InChI=1S/C15H25NO3Si/c1-11(2)18-15(17)14(16)10-12-6-8-13(9-7-12)19-20(3,4)5/h6-9,11,14H,10,16H2,1-5H3/t14-/m0/s1. The lowest BCUT2D eigenvalue weighted by Gasteiger charge is -2.19. The zero-order valence-electron chi connectivity index (χ0n) is 13.0. The highest BCUT2D eigenvalue weighted by atomic mass is 28.4. The van der Waals surface area contributed by atoms with Gasteiger partial charge in [-0.2, -0.15) is 0 Å². The molecule has 0 heterocycles. The minimum absolute atomic E-state index is 0.138. The first-order valence-electron chi connectivity index (χ1n) is 6.91. The summed E-state index contributed by atoms with van der Waals surface area (Å²) < 4.78 is 11.0. The van der Waals surface area contributed by atoms with E-state index in [1.807, 2.05) is 38.1 Å².